The number of aryl methyl sites for hydroxylation is 1. The molecule has 4 rings (SSSR count). The molecule has 2 fully saturated rings. The number of ether oxygens (including phenoxy) is 1. The second-order valence-electron chi connectivity index (χ2n) is 8.87. The van der Waals surface area contributed by atoms with E-state index in [2.05, 4.69) is 41.4 Å². The first-order valence-corrected chi connectivity index (χ1v) is 9.93. The van der Waals surface area contributed by atoms with Gasteiger partial charge in [0.05, 0.1) is 0 Å². The van der Waals surface area contributed by atoms with E-state index < -0.39 is 0 Å². The van der Waals surface area contributed by atoms with Crippen LogP contribution in [0.5, 0.6) is 11.8 Å². The first-order chi connectivity index (χ1) is 13.3. The third-order valence-electron chi connectivity index (χ3n) is 7.30. The van der Waals surface area contributed by atoms with E-state index in [1.165, 1.54) is 12.8 Å². The molecule has 28 heavy (non-hydrogen) atoms. The van der Waals surface area contributed by atoms with Crippen LogP contribution in [0.1, 0.15) is 45.6 Å². The number of benzene rings is 1. The van der Waals surface area contributed by atoms with Gasteiger partial charge in [0.15, 0.2) is 0 Å². The molecule has 2 aromatic rings. The first kappa shape index (κ1) is 18.7. The lowest BCUT2D eigenvalue weighted by atomic mass is 9.69. The fourth-order valence-corrected chi connectivity index (χ4v) is 5.02. The number of carbonyl (C=O) groups excluding carboxylic acids is 1. The minimum Gasteiger partial charge on any atom is -0.424 e. The first-order valence-electron chi connectivity index (χ1n) is 9.93. The molecule has 0 saturated heterocycles. The second kappa shape index (κ2) is 6.76. The number of urea groups is 1. The van der Waals surface area contributed by atoms with E-state index in [0.717, 1.165) is 17.7 Å². The SMILES string of the molecule is Cc1cc(Oc2ncccn2)ccc1NC(=O)NC1CC2CCC1(C)C2(C)C. The topological polar surface area (TPSA) is 76.1 Å². The Morgan fingerprint density at radius 2 is 1.96 bits per heavy atom. The van der Waals surface area contributed by atoms with Crippen LogP contribution in [0.15, 0.2) is 36.7 Å². The van der Waals surface area contributed by atoms with Crippen LogP contribution in [-0.2, 0) is 0 Å². The van der Waals surface area contributed by atoms with Crippen LogP contribution in [0, 0.1) is 23.7 Å². The van der Waals surface area contributed by atoms with Gasteiger partial charge in [-0.05, 0) is 72.8 Å². The van der Waals surface area contributed by atoms with Crippen LogP contribution in [-0.4, -0.2) is 22.0 Å². The molecule has 1 aromatic heterocycles. The molecular weight excluding hydrogens is 352 g/mol. The highest BCUT2D eigenvalue weighted by Crippen LogP contribution is 2.65. The van der Waals surface area contributed by atoms with Crippen molar-refractivity contribution in [3.8, 4) is 11.8 Å². The summed E-state index contributed by atoms with van der Waals surface area (Å²) in [6.07, 6.45) is 6.79. The van der Waals surface area contributed by atoms with E-state index in [1.807, 2.05) is 19.1 Å². The van der Waals surface area contributed by atoms with Crippen LogP contribution in [0.25, 0.3) is 0 Å². The number of carbonyl (C=O) groups is 1. The maximum atomic E-state index is 12.7. The highest BCUT2D eigenvalue weighted by Gasteiger charge is 2.61. The number of hydrogen-bond donors (Lipinski definition) is 2. The number of fused-ring (bicyclic) bond motifs is 2. The number of rotatable bonds is 4. The van der Waals surface area contributed by atoms with Crippen molar-refractivity contribution < 1.29 is 9.53 Å². The Morgan fingerprint density at radius 1 is 1.21 bits per heavy atom. The van der Waals surface area contributed by atoms with Crippen LogP contribution >= 0.6 is 0 Å². The molecule has 0 aliphatic heterocycles. The largest absolute Gasteiger partial charge is 0.424 e. The fourth-order valence-electron chi connectivity index (χ4n) is 5.02. The maximum Gasteiger partial charge on any atom is 0.321 e. The molecule has 3 atom stereocenters. The van der Waals surface area contributed by atoms with E-state index in [9.17, 15) is 4.79 Å². The van der Waals surface area contributed by atoms with Crippen molar-refractivity contribution in [3.05, 3.63) is 42.2 Å². The number of nitrogens with zero attached hydrogens (tertiary/aromatic N) is 2. The molecule has 2 saturated carbocycles. The summed E-state index contributed by atoms with van der Waals surface area (Å²) < 4.78 is 5.65. The van der Waals surface area contributed by atoms with Gasteiger partial charge in [0.1, 0.15) is 5.75 Å². The van der Waals surface area contributed by atoms with E-state index in [0.29, 0.717) is 17.7 Å². The molecule has 0 spiro atoms. The number of hydrogen-bond acceptors (Lipinski definition) is 4. The lowest BCUT2D eigenvalue weighted by Gasteiger charge is -2.39. The summed E-state index contributed by atoms with van der Waals surface area (Å²) in [6.45, 7) is 8.97. The minimum atomic E-state index is -0.141. The predicted molar refractivity (Wildman–Crippen MR) is 108 cm³/mol. The summed E-state index contributed by atoms with van der Waals surface area (Å²) in [7, 11) is 0. The highest BCUT2D eigenvalue weighted by molar-refractivity contribution is 5.90. The van der Waals surface area contributed by atoms with Gasteiger partial charge in [-0.1, -0.05) is 20.8 Å². The van der Waals surface area contributed by atoms with Crippen molar-refractivity contribution in [3.63, 3.8) is 0 Å². The molecule has 2 bridgehead atoms. The summed E-state index contributed by atoms with van der Waals surface area (Å²) in [4.78, 5) is 20.8. The lowest BCUT2D eigenvalue weighted by Crippen LogP contribution is -2.48. The molecule has 1 aromatic carbocycles. The molecule has 6 nitrogen and oxygen atoms in total. The van der Waals surface area contributed by atoms with E-state index in [4.69, 9.17) is 4.74 Å². The molecule has 2 aliphatic rings. The number of anilines is 1. The van der Waals surface area contributed by atoms with Gasteiger partial charge in [-0.3, -0.25) is 0 Å². The minimum absolute atomic E-state index is 0.141. The van der Waals surface area contributed by atoms with Gasteiger partial charge in [0.25, 0.3) is 0 Å². The second-order valence-corrected chi connectivity index (χ2v) is 8.87. The normalized spacial score (nSPS) is 27.4. The molecule has 6 heteroatoms. The van der Waals surface area contributed by atoms with Crippen molar-refractivity contribution in [1.29, 1.82) is 0 Å². The van der Waals surface area contributed by atoms with Crippen molar-refractivity contribution in [2.75, 3.05) is 5.32 Å². The summed E-state index contributed by atoms with van der Waals surface area (Å²) in [5.41, 5.74) is 2.13. The zero-order valence-corrected chi connectivity index (χ0v) is 17.0. The lowest BCUT2D eigenvalue weighted by molar-refractivity contribution is 0.125. The third kappa shape index (κ3) is 3.11. The molecule has 2 amide bonds. The van der Waals surface area contributed by atoms with Crippen molar-refractivity contribution in [2.24, 2.45) is 16.7 Å². The van der Waals surface area contributed by atoms with Crippen LogP contribution in [0.4, 0.5) is 10.5 Å². The molecule has 3 unspecified atom stereocenters. The number of aromatic nitrogens is 2. The van der Waals surface area contributed by atoms with Gasteiger partial charge in [0.2, 0.25) is 0 Å². The van der Waals surface area contributed by atoms with Gasteiger partial charge in [-0.25, -0.2) is 14.8 Å². The van der Waals surface area contributed by atoms with E-state index >= 15 is 0 Å². The molecule has 1 heterocycles. The number of amides is 2. The van der Waals surface area contributed by atoms with Gasteiger partial charge < -0.3 is 15.4 Å². The van der Waals surface area contributed by atoms with Gasteiger partial charge in [0, 0.05) is 24.1 Å². The summed E-state index contributed by atoms with van der Waals surface area (Å²) in [5.74, 6) is 1.33. The molecular formula is C22H28N4O2. The highest BCUT2D eigenvalue weighted by atomic mass is 16.5. The average Bonchev–Trinajstić information content (AvgIpc) is 2.98. The van der Waals surface area contributed by atoms with Gasteiger partial charge >= 0.3 is 12.0 Å². The Labute approximate surface area is 166 Å². The van der Waals surface area contributed by atoms with Crippen molar-refractivity contribution in [1.82, 2.24) is 15.3 Å². The monoisotopic (exact) mass is 380 g/mol. The Morgan fingerprint density at radius 3 is 2.57 bits per heavy atom. The van der Waals surface area contributed by atoms with Crippen LogP contribution < -0.4 is 15.4 Å². The summed E-state index contributed by atoms with van der Waals surface area (Å²) >= 11 is 0. The summed E-state index contributed by atoms with van der Waals surface area (Å²) in [5, 5.41) is 6.23. The smallest absolute Gasteiger partial charge is 0.321 e. The molecule has 148 valence electrons. The van der Waals surface area contributed by atoms with Crippen LogP contribution in [0.3, 0.4) is 0 Å². The van der Waals surface area contributed by atoms with Crippen molar-refractivity contribution >= 4 is 11.7 Å². The quantitative estimate of drug-likeness (QED) is 0.790. The average molecular weight is 380 g/mol. The van der Waals surface area contributed by atoms with Gasteiger partial charge in [-0.2, -0.15) is 0 Å². The molecule has 0 radical (unpaired) electrons. The van der Waals surface area contributed by atoms with E-state index in [-0.39, 0.29) is 22.9 Å². The number of nitrogens with one attached hydrogen (secondary N) is 2. The third-order valence-corrected chi connectivity index (χ3v) is 7.30. The maximum absolute atomic E-state index is 12.7. The fraction of sp³-hybridized carbons (Fsp3) is 0.500. The Bertz CT molecular complexity index is 883. The molecule has 2 aliphatic carbocycles. The van der Waals surface area contributed by atoms with Gasteiger partial charge in [-0.15, -0.1) is 0 Å². The summed E-state index contributed by atoms with van der Waals surface area (Å²) in [6, 6.07) is 7.64. The van der Waals surface area contributed by atoms with Crippen LogP contribution in [0.2, 0.25) is 0 Å². The zero-order chi connectivity index (χ0) is 19.9. The Kier molecular flexibility index (Phi) is 4.52. The standard InChI is InChI=1S/C22H28N4O2/c1-14-12-16(28-20-23-10-5-11-24-20)6-7-17(14)25-19(27)26-18-13-15-8-9-22(18,4)21(15,2)3/h5-7,10-12,15,18H,8-9,13H2,1-4H3,(H2,25,26,27). The Balaban J connectivity index is 1.40. The van der Waals surface area contributed by atoms with E-state index in [1.54, 1.807) is 24.5 Å². The molecule has 2 N–H and O–H groups in total. The van der Waals surface area contributed by atoms with Crippen molar-refractivity contribution in [2.45, 2.75) is 53.0 Å². The predicted octanol–water partition coefficient (Wildman–Crippen LogP) is 4.91. The Hall–Kier alpha value is -2.63. The zero-order valence-electron chi connectivity index (χ0n) is 17.0.